The molecule has 0 bridgehead atoms. The number of fused-ring (bicyclic) bond motifs is 1. The number of anilines is 1. The Labute approximate surface area is 95.6 Å². The van der Waals surface area contributed by atoms with E-state index in [1.165, 1.54) is 6.39 Å². The molecule has 86 valence electrons. The highest BCUT2D eigenvalue weighted by Crippen LogP contribution is 2.17. The fourth-order valence-electron chi connectivity index (χ4n) is 1.26. The van der Waals surface area contributed by atoms with Crippen LogP contribution in [0.3, 0.4) is 0 Å². The number of benzene rings is 1. The first kappa shape index (κ1) is 10.9. The fourth-order valence-corrected chi connectivity index (χ4v) is 1.26. The summed E-state index contributed by atoms with van der Waals surface area (Å²) >= 11 is 0. The minimum absolute atomic E-state index is 0.509. The van der Waals surface area contributed by atoms with E-state index in [0.29, 0.717) is 16.8 Å². The van der Waals surface area contributed by atoms with Crippen LogP contribution < -0.4 is 5.32 Å². The summed E-state index contributed by atoms with van der Waals surface area (Å²) < 4.78 is 5.06. The molecule has 1 heterocycles. The summed E-state index contributed by atoms with van der Waals surface area (Å²) in [5, 5.41) is 10.9. The number of rotatable bonds is 3. The van der Waals surface area contributed by atoms with Crippen LogP contribution in [0.2, 0.25) is 0 Å². The molecule has 1 aromatic carbocycles. The van der Waals surface area contributed by atoms with E-state index in [1.54, 1.807) is 18.2 Å². The maximum Gasteiger partial charge on any atom is 0.328 e. The molecule has 6 nitrogen and oxygen atoms in total. The number of aromatic nitrogens is 1. The van der Waals surface area contributed by atoms with Crippen molar-refractivity contribution in [3.63, 3.8) is 0 Å². The van der Waals surface area contributed by atoms with Crippen molar-refractivity contribution in [2.45, 2.75) is 0 Å². The minimum Gasteiger partial charge on any atom is -0.478 e. The highest BCUT2D eigenvalue weighted by molar-refractivity contribution is 6.02. The van der Waals surface area contributed by atoms with Gasteiger partial charge in [0.05, 0.1) is 0 Å². The van der Waals surface area contributed by atoms with Crippen LogP contribution in [0.5, 0.6) is 0 Å². The van der Waals surface area contributed by atoms with Gasteiger partial charge >= 0.3 is 5.97 Å². The van der Waals surface area contributed by atoms with Gasteiger partial charge in [-0.25, -0.2) is 9.78 Å². The average molecular weight is 232 g/mol. The first-order chi connectivity index (χ1) is 8.15. The molecular formula is C11H8N2O4. The van der Waals surface area contributed by atoms with Crippen molar-refractivity contribution in [2.24, 2.45) is 0 Å². The van der Waals surface area contributed by atoms with Gasteiger partial charge in [0.1, 0.15) is 5.52 Å². The molecule has 0 atom stereocenters. The quantitative estimate of drug-likeness (QED) is 0.780. The zero-order valence-electron chi connectivity index (χ0n) is 8.58. The van der Waals surface area contributed by atoms with Crippen LogP contribution >= 0.6 is 0 Å². The van der Waals surface area contributed by atoms with Crippen molar-refractivity contribution in [3.05, 3.63) is 36.7 Å². The summed E-state index contributed by atoms with van der Waals surface area (Å²) in [5.41, 5.74) is 1.74. The average Bonchev–Trinajstić information content (AvgIpc) is 2.73. The van der Waals surface area contributed by atoms with Gasteiger partial charge in [0, 0.05) is 23.9 Å². The maximum absolute atomic E-state index is 11.3. The number of carboxylic acids is 1. The monoisotopic (exact) mass is 232 g/mol. The molecular weight excluding hydrogens is 224 g/mol. The van der Waals surface area contributed by atoms with Crippen molar-refractivity contribution < 1.29 is 19.1 Å². The number of amides is 1. The summed E-state index contributed by atoms with van der Waals surface area (Å²) in [5.74, 6) is -1.70. The Hall–Kier alpha value is -2.63. The predicted molar refractivity (Wildman–Crippen MR) is 59.4 cm³/mol. The summed E-state index contributed by atoms with van der Waals surface area (Å²) in [4.78, 5) is 25.4. The number of nitrogens with one attached hydrogen (secondary N) is 1. The Morgan fingerprint density at radius 2 is 2.18 bits per heavy atom. The lowest BCUT2D eigenvalue weighted by Gasteiger charge is -2.00. The predicted octanol–water partition coefficient (Wildman–Crippen LogP) is 1.41. The van der Waals surface area contributed by atoms with Crippen LogP contribution in [0.25, 0.3) is 11.1 Å². The first-order valence-electron chi connectivity index (χ1n) is 4.70. The highest BCUT2D eigenvalue weighted by Gasteiger charge is 2.02. The second-order valence-electron chi connectivity index (χ2n) is 3.20. The van der Waals surface area contributed by atoms with Crippen LogP contribution in [-0.4, -0.2) is 22.0 Å². The Morgan fingerprint density at radius 3 is 2.94 bits per heavy atom. The third-order valence-electron chi connectivity index (χ3n) is 1.98. The second kappa shape index (κ2) is 4.48. The van der Waals surface area contributed by atoms with Gasteiger partial charge in [-0.2, -0.15) is 0 Å². The Balaban J connectivity index is 2.12. The smallest absolute Gasteiger partial charge is 0.328 e. The molecule has 0 saturated carbocycles. The molecule has 2 aromatic rings. The molecule has 0 aliphatic carbocycles. The molecule has 0 radical (unpaired) electrons. The third-order valence-corrected chi connectivity index (χ3v) is 1.98. The summed E-state index contributed by atoms with van der Waals surface area (Å²) in [6, 6.07) is 4.95. The summed E-state index contributed by atoms with van der Waals surface area (Å²) in [6.45, 7) is 0. The number of hydrogen-bond acceptors (Lipinski definition) is 4. The molecule has 1 amide bonds. The lowest BCUT2D eigenvalue weighted by atomic mass is 10.3. The first-order valence-corrected chi connectivity index (χ1v) is 4.70. The molecule has 0 aliphatic heterocycles. The topological polar surface area (TPSA) is 92.4 Å². The SMILES string of the molecule is O=C(O)/C=C/C(=O)Nc1ccc2ncoc2c1. The summed E-state index contributed by atoms with van der Waals surface area (Å²) in [6.07, 6.45) is 3.01. The molecule has 2 rings (SSSR count). The largest absolute Gasteiger partial charge is 0.478 e. The van der Waals surface area contributed by atoms with Crippen LogP contribution in [0, 0.1) is 0 Å². The number of carbonyl (C=O) groups is 2. The van der Waals surface area contributed by atoms with Crippen molar-refractivity contribution in [3.8, 4) is 0 Å². The lowest BCUT2D eigenvalue weighted by molar-refractivity contribution is -0.131. The van der Waals surface area contributed by atoms with E-state index in [2.05, 4.69) is 10.3 Å². The molecule has 0 unspecified atom stereocenters. The molecule has 0 fully saturated rings. The van der Waals surface area contributed by atoms with Crippen molar-refractivity contribution in [2.75, 3.05) is 5.32 Å². The third kappa shape index (κ3) is 2.69. The zero-order chi connectivity index (χ0) is 12.3. The van der Waals surface area contributed by atoms with Gasteiger partial charge in [-0.3, -0.25) is 4.79 Å². The normalized spacial score (nSPS) is 10.8. The standard InChI is InChI=1S/C11H8N2O4/c14-10(3-4-11(15)16)13-7-1-2-8-9(5-7)17-6-12-8/h1-6H,(H,13,14)(H,15,16)/b4-3+. The van der Waals surface area contributed by atoms with Crippen LogP contribution in [0.4, 0.5) is 5.69 Å². The van der Waals surface area contributed by atoms with E-state index >= 15 is 0 Å². The van der Waals surface area contributed by atoms with E-state index < -0.39 is 11.9 Å². The highest BCUT2D eigenvalue weighted by atomic mass is 16.4. The molecule has 0 spiro atoms. The van der Waals surface area contributed by atoms with E-state index in [1.807, 2.05) is 0 Å². The van der Waals surface area contributed by atoms with Crippen molar-refractivity contribution in [1.82, 2.24) is 4.98 Å². The zero-order valence-corrected chi connectivity index (χ0v) is 8.58. The van der Waals surface area contributed by atoms with Gasteiger partial charge < -0.3 is 14.8 Å². The van der Waals surface area contributed by atoms with Crippen LogP contribution in [0.15, 0.2) is 41.2 Å². The van der Waals surface area contributed by atoms with Gasteiger partial charge in [0.2, 0.25) is 5.91 Å². The maximum atomic E-state index is 11.3. The van der Waals surface area contributed by atoms with E-state index in [9.17, 15) is 9.59 Å². The van der Waals surface area contributed by atoms with Gasteiger partial charge in [-0.05, 0) is 12.1 Å². The van der Waals surface area contributed by atoms with Crippen LogP contribution in [0.1, 0.15) is 0 Å². The number of aliphatic carboxylic acids is 1. The number of oxazole rings is 1. The summed E-state index contributed by atoms with van der Waals surface area (Å²) in [7, 11) is 0. The molecule has 6 heteroatoms. The molecule has 1 aromatic heterocycles. The molecule has 2 N–H and O–H groups in total. The Kier molecular flexibility index (Phi) is 2.87. The lowest BCUT2D eigenvalue weighted by Crippen LogP contribution is -2.08. The second-order valence-corrected chi connectivity index (χ2v) is 3.20. The Bertz CT molecular complexity index is 600. The number of hydrogen-bond donors (Lipinski definition) is 2. The van der Waals surface area contributed by atoms with Gasteiger partial charge in [0.15, 0.2) is 12.0 Å². The number of nitrogens with zero attached hydrogens (tertiary/aromatic N) is 1. The van der Waals surface area contributed by atoms with Gasteiger partial charge in [0.25, 0.3) is 0 Å². The number of carbonyl (C=O) groups excluding carboxylic acids is 1. The van der Waals surface area contributed by atoms with Crippen LogP contribution in [-0.2, 0) is 9.59 Å². The van der Waals surface area contributed by atoms with E-state index in [4.69, 9.17) is 9.52 Å². The molecule has 0 saturated heterocycles. The van der Waals surface area contributed by atoms with Gasteiger partial charge in [-0.1, -0.05) is 0 Å². The van der Waals surface area contributed by atoms with E-state index in [0.717, 1.165) is 12.2 Å². The van der Waals surface area contributed by atoms with E-state index in [-0.39, 0.29) is 0 Å². The Morgan fingerprint density at radius 1 is 1.35 bits per heavy atom. The fraction of sp³-hybridized carbons (Fsp3) is 0. The number of carboxylic acid groups (broad SMARTS) is 1. The molecule has 0 aliphatic rings. The molecule has 17 heavy (non-hydrogen) atoms. The van der Waals surface area contributed by atoms with Crippen molar-refractivity contribution >= 4 is 28.7 Å². The van der Waals surface area contributed by atoms with Crippen molar-refractivity contribution in [1.29, 1.82) is 0 Å². The van der Waals surface area contributed by atoms with Gasteiger partial charge in [-0.15, -0.1) is 0 Å². The minimum atomic E-state index is -1.18.